The molecular formula is C57H40N2. The molecule has 0 saturated heterocycles. The van der Waals surface area contributed by atoms with E-state index in [1.165, 1.54) is 93.2 Å². The van der Waals surface area contributed by atoms with Gasteiger partial charge >= 0.3 is 0 Å². The van der Waals surface area contributed by atoms with E-state index < -0.39 is 0 Å². The molecule has 0 amide bonds. The molecule has 1 heterocycles. The maximum atomic E-state index is 2.56. The third kappa shape index (κ3) is 5.00. The van der Waals surface area contributed by atoms with Crippen LogP contribution >= 0.6 is 0 Å². The zero-order chi connectivity index (χ0) is 39.2. The molecule has 0 aliphatic heterocycles. The fraction of sp³-hybridized carbons (Fsp3) is 0.0526. The Morgan fingerprint density at radius 1 is 0.390 bits per heavy atom. The van der Waals surface area contributed by atoms with E-state index in [9.17, 15) is 0 Å². The molecule has 0 radical (unpaired) electrons. The summed E-state index contributed by atoms with van der Waals surface area (Å²) in [5.41, 5.74) is 14.7. The lowest BCUT2D eigenvalue weighted by Crippen LogP contribution is -2.16. The van der Waals surface area contributed by atoms with Crippen molar-refractivity contribution in [2.24, 2.45) is 0 Å². The summed E-state index contributed by atoms with van der Waals surface area (Å²) in [6, 6.07) is 76.3. The molecule has 0 spiro atoms. The number of para-hydroxylation sites is 1. The van der Waals surface area contributed by atoms with Crippen molar-refractivity contribution in [3.05, 3.63) is 217 Å². The maximum Gasteiger partial charge on any atom is 0.0626 e. The Bertz CT molecular complexity index is 3460. The minimum Gasteiger partial charge on any atom is -0.310 e. The van der Waals surface area contributed by atoms with Crippen molar-refractivity contribution < 1.29 is 0 Å². The van der Waals surface area contributed by atoms with Crippen LogP contribution in [0.1, 0.15) is 25.0 Å². The van der Waals surface area contributed by atoms with Gasteiger partial charge in [-0.05, 0) is 110 Å². The fourth-order valence-electron chi connectivity index (χ4n) is 10.2. The van der Waals surface area contributed by atoms with Gasteiger partial charge in [-0.2, -0.15) is 0 Å². The first kappa shape index (κ1) is 33.7. The smallest absolute Gasteiger partial charge is 0.0626 e. The van der Waals surface area contributed by atoms with Gasteiger partial charge in [-0.3, -0.25) is 0 Å². The molecule has 0 atom stereocenters. The number of anilines is 3. The molecule has 2 heteroatoms. The lowest BCUT2D eigenvalue weighted by atomic mass is 9.82. The lowest BCUT2D eigenvalue weighted by Gasteiger charge is -2.28. The van der Waals surface area contributed by atoms with Gasteiger partial charge in [0.25, 0.3) is 0 Å². The van der Waals surface area contributed by atoms with E-state index in [4.69, 9.17) is 0 Å². The molecule has 0 unspecified atom stereocenters. The average molecular weight is 753 g/mol. The van der Waals surface area contributed by atoms with Gasteiger partial charge in [-0.25, -0.2) is 0 Å². The van der Waals surface area contributed by atoms with Gasteiger partial charge in [-0.1, -0.05) is 166 Å². The number of rotatable bonds is 5. The van der Waals surface area contributed by atoms with Crippen LogP contribution in [0.5, 0.6) is 0 Å². The summed E-state index contributed by atoms with van der Waals surface area (Å²) < 4.78 is 2.56. The number of benzene rings is 10. The summed E-state index contributed by atoms with van der Waals surface area (Å²) in [4.78, 5) is 2.44. The maximum absolute atomic E-state index is 2.56. The Labute approximate surface area is 343 Å². The van der Waals surface area contributed by atoms with E-state index >= 15 is 0 Å². The van der Waals surface area contributed by atoms with Crippen molar-refractivity contribution in [1.29, 1.82) is 0 Å². The van der Waals surface area contributed by atoms with Crippen LogP contribution in [0.3, 0.4) is 0 Å². The Kier molecular flexibility index (Phi) is 7.31. The number of fused-ring (bicyclic) bond motifs is 11. The normalized spacial score (nSPS) is 13.1. The third-order valence-electron chi connectivity index (χ3n) is 12.9. The first-order valence-corrected chi connectivity index (χ1v) is 20.6. The minimum atomic E-state index is -0.115. The van der Waals surface area contributed by atoms with E-state index in [0.29, 0.717) is 0 Å². The van der Waals surface area contributed by atoms with Gasteiger partial charge in [-0.15, -0.1) is 0 Å². The highest BCUT2D eigenvalue weighted by molar-refractivity contribution is 6.25. The second-order valence-corrected chi connectivity index (χ2v) is 16.5. The van der Waals surface area contributed by atoms with E-state index in [1.54, 1.807) is 0 Å². The molecule has 1 aliphatic carbocycles. The predicted molar refractivity (Wildman–Crippen MR) is 251 cm³/mol. The second kappa shape index (κ2) is 12.8. The summed E-state index contributed by atoms with van der Waals surface area (Å²) in [7, 11) is 0. The van der Waals surface area contributed by atoms with E-state index in [0.717, 1.165) is 17.1 Å². The Morgan fingerprint density at radius 3 is 1.78 bits per heavy atom. The first-order chi connectivity index (χ1) is 29.0. The van der Waals surface area contributed by atoms with Crippen molar-refractivity contribution >= 4 is 71.2 Å². The van der Waals surface area contributed by atoms with Gasteiger partial charge < -0.3 is 9.47 Å². The molecule has 0 saturated carbocycles. The molecule has 11 aromatic rings. The van der Waals surface area contributed by atoms with Gasteiger partial charge in [0.1, 0.15) is 0 Å². The third-order valence-corrected chi connectivity index (χ3v) is 12.9. The van der Waals surface area contributed by atoms with Gasteiger partial charge in [0.2, 0.25) is 0 Å². The van der Waals surface area contributed by atoms with Crippen LogP contribution in [0.2, 0.25) is 0 Å². The molecule has 0 N–H and O–H groups in total. The average Bonchev–Trinajstić information content (AvgIpc) is 3.75. The number of hydrogen-bond acceptors (Lipinski definition) is 1. The van der Waals surface area contributed by atoms with Crippen molar-refractivity contribution in [3.63, 3.8) is 0 Å². The number of aromatic nitrogens is 1. The van der Waals surface area contributed by atoms with E-state index in [-0.39, 0.29) is 5.41 Å². The summed E-state index contributed by atoms with van der Waals surface area (Å²) in [6.45, 7) is 4.72. The largest absolute Gasteiger partial charge is 0.310 e. The first-order valence-electron chi connectivity index (χ1n) is 20.6. The summed E-state index contributed by atoms with van der Waals surface area (Å²) >= 11 is 0. The lowest BCUT2D eigenvalue weighted by molar-refractivity contribution is 0.660. The minimum absolute atomic E-state index is 0.115. The van der Waals surface area contributed by atoms with Crippen molar-refractivity contribution in [3.8, 4) is 27.9 Å². The Balaban J connectivity index is 1.20. The molecule has 10 aromatic carbocycles. The molecule has 1 aliphatic rings. The van der Waals surface area contributed by atoms with Gasteiger partial charge in [0.15, 0.2) is 0 Å². The summed E-state index contributed by atoms with van der Waals surface area (Å²) in [5.74, 6) is 0. The highest BCUT2D eigenvalue weighted by Crippen LogP contribution is 2.51. The highest BCUT2D eigenvalue weighted by atomic mass is 15.1. The molecule has 12 rings (SSSR count). The van der Waals surface area contributed by atoms with Crippen LogP contribution in [-0.2, 0) is 5.41 Å². The van der Waals surface area contributed by atoms with Crippen LogP contribution in [-0.4, -0.2) is 4.57 Å². The van der Waals surface area contributed by atoms with Crippen LogP contribution in [0.15, 0.2) is 206 Å². The van der Waals surface area contributed by atoms with Crippen molar-refractivity contribution in [2.75, 3.05) is 4.90 Å². The zero-order valence-corrected chi connectivity index (χ0v) is 33.0. The quantitative estimate of drug-likeness (QED) is 0.159. The molecule has 2 nitrogen and oxygen atoms in total. The van der Waals surface area contributed by atoms with Crippen LogP contribution in [0.25, 0.3) is 82.1 Å². The number of hydrogen-bond donors (Lipinski definition) is 0. The molecular weight excluding hydrogens is 713 g/mol. The van der Waals surface area contributed by atoms with Crippen LogP contribution in [0, 0.1) is 0 Å². The van der Waals surface area contributed by atoms with E-state index in [1.807, 2.05) is 0 Å². The predicted octanol–water partition coefficient (Wildman–Crippen LogP) is 15.7. The Hall–Kier alpha value is -7.42. The van der Waals surface area contributed by atoms with Crippen molar-refractivity contribution in [2.45, 2.75) is 19.3 Å². The Morgan fingerprint density at radius 2 is 0.983 bits per heavy atom. The summed E-state index contributed by atoms with van der Waals surface area (Å²) in [5, 5.41) is 9.91. The number of nitrogens with zero attached hydrogens (tertiary/aromatic N) is 2. The molecule has 1 aromatic heterocycles. The summed E-state index contributed by atoms with van der Waals surface area (Å²) in [6.07, 6.45) is 0. The van der Waals surface area contributed by atoms with E-state index in [2.05, 4.69) is 230 Å². The standard InChI is InChI=1S/C57H40N2/c1-57(2)51-28-16-15-26-46(51)47-31-29-42(36-52(47)57)58(40-21-7-4-8-22-40)41-30-32-53-50(35-41)55-49(37-17-5-3-6-18-37)33-38-19-10-12-24-44(38)56(55)59(53)54-34-39-20-9-11-23-43(39)45-25-13-14-27-48(45)54/h3-36H,1-2H3. The van der Waals surface area contributed by atoms with Crippen LogP contribution < -0.4 is 4.90 Å². The fourth-order valence-corrected chi connectivity index (χ4v) is 10.2. The van der Waals surface area contributed by atoms with Gasteiger partial charge in [0, 0.05) is 44.0 Å². The van der Waals surface area contributed by atoms with Crippen LogP contribution in [0.4, 0.5) is 17.1 Å². The zero-order valence-electron chi connectivity index (χ0n) is 33.0. The monoisotopic (exact) mass is 752 g/mol. The second-order valence-electron chi connectivity index (χ2n) is 16.5. The van der Waals surface area contributed by atoms with Gasteiger partial charge in [0.05, 0.1) is 16.7 Å². The molecule has 0 bridgehead atoms. The topological polar surface area (TPSA) is 8.17 Å². The highest BCUT2D eigenvalue weighted by Gasteiger charge is 2.36. The van der Waals surface area contributed by atoms with Crippen molar-refractivity contribution in [1.82, 2.24) is 4.57 Å². The SMILES string of the molecule is CC1(C)c2ccccc2-c2ccc(N(c3ccccc3)c3ccc4c(c3)c3c(-c5ccccc5)cc5ccccc5c3n4-c3cc4ccccc4c4ccccc34)cc21. The molecule has 0 fully saturated rings. The molecule has 278 valence electrons. The molecule has 59 heavy (non-hydrogen) atoms.